The zero-order valence-corrected chi connectivity index (χ0v) is 16.6. The molecule has 0 spiro atoms. The van der Waals surface area contributed by atoms with Crippen LogP contribution in [0, 0.1) is 11.3 Å². The highest BCUT2D eigenvalue weighted by atomic mass is 32.1. The molecule has 0 aliphatic heterocycles. The summed E-state index contributed by atoms with van der Waals surface area (Å²) in [7, 11) is 0. The van der Waals surface area contributed by atoms with E-state index in [0.717, 1.165) is 37.9 Å². The summed E-state index contributed by atoms with van der Waals surface area (Å²) in [5, 5.41) is 13.8. The van der Waals surface area contributed by atoms with E-state index in [-0.39, 0.29) is 28.9 Å². The summed E-state index contributed by atoms with van der Waals surface area (Å²) in [4.78, 5) is 0. The number of anilines is 1. The number of unbranched alkanes of at least 4 members (excludes halogenated alkanes) is 5. The molecule has 0 radical (unpaired) electrons. The molecule has 5 nitrogen and oxygen atoms in total. The van der Waals surface area contributed by atoms with Crippen LogP contribution in [0.2, 0.25) is 0 Å². The molecule has 0 aromatic heterocycles. The normalized spacial score (nSPS) is 11.6. The van der Waals surface area contributed by atoms with Gasteiger partial charge in [0, 0.05) is 11.9 Å². The molecule has 0 atom stereocenters. The van der Waals surface area contributed by atoms with Crippen LogP contribution in [0.25, 0.3) is 0 Å². The van der Waals surface area contributed by atoms with E-state index in [4.69, 9.17) is 28.0 Å². The molecule has 0 bridgehead atoms. The molecule has 0 fully saturated rings. The lowest BCUT2D eigenvalue weighted by molar-refractivity contribution is -0.138. The molecule has 0 saturated heterocycles. The minimum Gasteiger partial charge on any atom is -0.493 e. The van der Waals surface area contributed by atoms with Crippen molar-refractivity contribution < 1.29 is 17.9 Å². The molecule has 0 unspecified atom stereocenters. The molecule has 0 saturated carbocycles. The number of halogens is 3. The lowest BCUT2D eigenvalue weighted by atomic mass is 10.1. The summed E-state index contributed by atoms with van der Waals surface area (Å²) in [6, 6.07) is 5.36. The van der Waals surface area contributed by atoms with Gasteiger partial charge in [-0.15, -0.1) is 0 Å². The molecule has 0 amide bonds. The van der Waals surface area contributed by atoms with Crippen LogP contribution in [-0.2, 0) is 6.18 Å². The highest BCUT2D eigenvalue weighted by Gasteiger charge is 2.34. The topological polar surface area (TPSA) is 83.1 Å². The van der Waals surface area contributed by atoms with E-state index in [1.807, 2.05) is 0 Å². The number of nitrogens with zero attached hydrogens (tertiary/aromatic N) is 1. The first-order chi connectivity index (χ1) is 13.3. The van der Waals surface area contributed by atoms with Crippen LogP contribution in [0.5, 0.6) is 5.75 Å². The Bertz CT molecular complexity index is 714. The van der Waals surface area contributed by atoms with Crippen molar-refractivity contribution in [1.82, 2.24) is 5.32 Å². The van der Waals surface area contributed by atoms with Crippen LogP contribution >= 0.6 is 12.2 Å². The van der Waals surface area contributed by atoms with Crippen molar-refractivity contribution in [2.45, 2.75) is 51.6 Å². The van der Waals surface area contributed by atoms with Gasteiger partial charge in [-0.1, -0.05) is 39.0 Å². The quantitative estimate of drug-likeness (QED) is 0.282. The van der Waals surface area contributed by atoms with Crippen molar-refractivity contribution >= 4 is 23.0 Å². The van der Waals surface area contributed by atoms with E-state index in [2.05, 4.69) is 17.6 Å². The standard InChI is InChI=1S/C19H25F3N4OS/c1-2-3-4-5-6-7-10-27-17-9-8-14(11-16(17)19(20,21)22)25-18(28)26-15(12-23)13-24/h8-9,11-12H,2-7,10,23H2,1H3,(H2,25,26,28)/b15-12+. The van der Waals surface area contributed by atoms with Crippen LogP contribution in [0.3, 0.4) is 0 Å². The number of ether oxygens (including phenoxy) is 1. The third-order valence-corrected chi connectivity index (χ3v) is 4.04. The highest BCUT2D eigenvalue weighted by molar-refractivity contribution is 7.80. The first-order valence-corrected chi connectivity index (χ1v) is 9.46. The fourth-order valence-electron chi connectivity index (χ4n) is 2.41. The third kappa shape index (κ3) is 8.48. The summed E-state index contributed by atoms with van der Waals surface area (Å²) in [6.07, 6.45) is 2.57. The molecule has 4 N–H and O–H groups in total. The van der Waals surface area contributed by atoms with Gasteiger partial charge in [-0.3, -0.25) is 0 Å². The predicted molar refractivity (Wildman–Crippen MR) is 108 cm³/mol. The predicted octanol–water partition coefficient (Wildman–Crippen LogP) is 5.05. The number of nitrogens with two attached hydrogens (primary N) is 1. The fraction of sp³-hybridized carbons (Fsp3) is 0.474. The van der Waals surface area contributed by atoms with Gasteiger partial charge in [-0.05, 0) is 36.8 Å². The molecule has 154 valence electrons. The van der Waals surface area contributed by atoms with E-state index in [1.165, 1.54) is 18.6 Å². The van der Waals surface area contributed by atoms with Crippen molar-refractivity contribution in [3.63, 3.8) is 0 Å². The van der Waals surface area contributed by atoms with Crippen molar-refractivity contribution in [3.05, 3.63) is 35.7 Å². The van der Waals surface area contributed by atoms with E-state index in [1.54, 1.807) is 6.07 Å². The molecule has 1 aromatic carbocycles. The summed E-state index contributed by atoms with van der Waals surface area (Å²) < 4.78 is 45.5. The monoisotopic (exact) mass is 414 g/mol. The Morgan fingerprint density at radius 2 is 1.93 bits per heavy atom. The van der Waals surface area contributed by atoms with E-state index >= 15 is 0 Å². The molecule has 0 aliphatic rings. The van der Waals surface area contributed by atoms with Gasteiger partial charge in [-0.2, -0.15) is 18.4 Å². The van der Waals surface area contributed by atoms with Crippen LogP contribution in [0.4, 0.5) is 18.9 Å². The minimum atomic E-state index is -4.57. The Balaban J connectivity index is 2.72. The van der Waals surface area contributed by atoms with Crippen LogP contribution in [0.1, 0.15) is 51.0 Å². The molecule has 1 rings (SSSR count). The largest absolute Gasteiger partial charge is 0.493 e. The minimum absolute atomic E-state index is 0.0209. The van der Waals surface area contributed by atoms with Crippen molar-refractivity contribution in [1.29, 1.82) is 5.26 Å². The zero-order chi connectivity index (χ0) is 21.0. The van der Waals surface area contributed by atoms with Gasteiger partial charge in [0.1, 0.15) is 17.5 Å². The Labute approximate surface area is 168 Å². The van der Waals surface area contributed by atoms with Gasteiger partial charge in [0.25, 0.3) is 0 Å². The lowest BCUT2D eigenvalue weighted by Crippen LogP contribution is -2.28. The van der Waals surface area contributed by atoms with Gasteiger partial charge < -0.3 is 21.1 Å². The number of hydrogen-bond donors (Lipinski definition) is 3. The number of allylic oxidation sites excluding steroid dienone is 1. The van der Waals surface area contributed by atoms with Crippen molar-refractivity contribution in [2.24, 2.45) is 5.73 Å². The van der Waals surface area contributed by atoms with Gasteiger partial charge in [0.05, 0.1) is 12.2 Å². The summed E-state index contributed by atoms with van der Waals surface area (Å²) in [5.41, 5.74) is 4.43. The molecule has 0 heterocycles. The molecule has 9 heteroatoms. The average molecular weight is 414 g/mol. The molecular weight excluding hydrogens is 389 g/mol. The maximum atomic E-state index is 13.4. The number of nitrogens with one attached hydrogen (secondary N) is 2. The summed E-state index contributed by atoms with van der Waals surface area (Å²) in [5.74, 6) is -0.218. The second-order valence-electron chi connectivity index (χ2n) is 6.10. The van der Waals surface area contributed by atoms with Crippen molar-refractivity contribution in [3.8, 4) is 11.8 Å². The Morgan fingerprint density at radius 3 is 2.54 bits per heavy atom. The molecule has 28 heavy (non-hydrogen) atoms. The second-order valence-corrected chi connectivity index (χ2v) is 6.50. The smallest absolute Gasteiger partial charge is 0.420 e. The summed E-state index contributed by atoms with van der Waals surface area (Å²) >= 11 is 4.96. The van der Waals surface area contributed by atoms with Crippen LogP contribution in [-0.4, -0.2) is 11.7 Å². The van der Waals surface area contributed by atoms with Gasteiger partial charge in [0.2, 0.25) is 0 Å². The SMILES string of the molecule is CCCCCCCCOc1ccc(NC(=S)N/C(C#N)=C/N)cc1C(F)(F)F. The first kappa shape index (κ1) is 23.6. The van der Waals surface area contributed by atoms with Crippen LogP contribution < -0.4 is 21.1 Å². The molecular formula is C19H25F3N4OS. The molecule has 1 aromatic rings. The molecule has 0 aliphatic carbocycles. The van der Waals surface area contributed by atoms with Gasteiger partial charge in [-0.25, -0.2) is 0 Å². The van der Waals surface area contributed by atoms with Gasteiger partial charge in [0.15, 0.2) is 5.11 Å². The number of benzene rings is 1. The summed E-state index contributed by atoms with van der Waals surface area (Å²) in [6.45, 7) is 2.36. The third-order valence-electron chi connectivity index (χ3n) is 3.83. The van der Waals surface area contributed by atoms with E-state index < -0.39 is 11.7 Å². The fourth-order valence-corrected chi connectivity index (χ4v) is 2.64. The average Bonchev–Trinajstić information content (AvgIpc) is 2.65. The Morgan fingerprint density at radius 1 is 1.25 bits per heavy atom. The van der Waals surface area contributed by atoms with Crippen molar-refractivity contribution in [2.75, 3.05) is 11.9 Å². The maximum absolute atomic E-state index is 13.4. The maximum Gasteiger partial charge on any atom is 0.420 e. The van der Waals surface area contributed by atoms with Gasteiger partial charge >= 0.3 is 6.18 Å². The highest BCUT2D eigenvalue weighted by Crippen LogP contribution is 2.38. The lowest BCUT2D eigenvalue weighted by Gasteiger charge is -2.16. The number of alkyl halides is 3. The zero-order valence-electron chi connectivity index (χ0n) is 15.7. The second kappa shape index (κ2) is 12.1. The first-order valence-electron chi connectivity index (χ1n) is 9.05. The number of nitriles is 1. The number of hydrogen-bond acceptors (Lipinski definition) is 4. The Hall–Kier alpha value is -2.47. The Kier molecular flexibility index (Phi) is 10.2. The van der Waals surface area contributed by atoms with Crippen LogP contribution in [0.15, 0.2) is 30.1 Å². The van der Waals surface area contributed by atoms with E-state index in [9.17, 15) is 13.2 Å². The number of rotatable bonds is 10. The number of thiocarbonyl (C=S) groups is 1. The van der Waals surface area contributed by atoms with E-state index in [0.29, 0.717) is 6.42 Å².